The molecule has 1 aromatic carbocycles. The first-order valence-corrected chi connectivity index (χ1v) is 8.48. The van der Waals surface area contributed by atoms with E-state index in [9.17, 15) is 18.0 Å². The summed E-state index contributed by atoms with van der Waals surface area (Å²) < 4.78 is 23.4. The summed E-state index contributed by atoms with van der Waals surface area (Å²) in [6, 6.07) is 4.41. The highest BCUT2D eigenvalue weighted by molar-refractivity contribution is 9.10. The Morgan fingerprint density at radius 2 is 2.10 bits per heavy atom. The Kier molecular flexibility index (Phi) is 3.88. The number of primary amides is 1. The zero-order chi connectivity index (χ0) is 15.1. The molecule has 20 heavy (non-hydrogen) atoms. The SMILES string of the molecule is CS(=O)(=O)c1ccc(N2CC(C(N)=O)CC2=O)c(Br)c1. The van der Waals surface area contributed by atoms with Gasteiger partial charge in [-0.1, -0.05) is 0 Å². The van der Waals surface area contributed by atoms with E-state index in [-0.39, 0.29) is 23.8 Å². The molecule has 2 rings (SSSR count). The Bertz CT molecular complexity index is 687. The number of sulfone groups is 1. The van der Waals surface area contributed by atoms with Gasteiger partial charge in [0, 0.05) is 23.7 Å². The van der Waals surface area contributed by atoms with Crippen molar-refractivity contribution >= 4 is 43.3 Å². The Morgan fingerprint density at radius 1 is 1.45 bits per heavy atom. The fraction of sp³-hybridized carbons (Fsp3) is 0.333. The number of carbonyl (C=O) groups excluding carboxylic acids is 2. The second kappa shape index (κ2) is 5.17. The summed E-state index contributed by atoms with van der Waals surface area (Å²) >= 11 is 3.26. The minimum absolute atomic E-state index is 0.0790. The lowest BCUT2D eigenvalue weighted by Crippen LogP contribution is -2.28. The third-order valence-electron chi connectivity index (χ3n) is 3.17. The van der Waals surface area contributed by atoms with Gasteiger partial charge in [0.15, 0.2) is 9.84 Å². The average molecular weight is 361 g/mol. The number of hydrogen-bond acceptors (Lipinski definition) is 4. The molecule has 1 aromatic rings. The number of amides is 2. The van der Waals surface area contributed by atoms with Gasteiger partial charge in [-0.25, -0.2) is 8.42 Å². The highest BCUT2D eigenvalue weighted by Crippen LogP contribution is 2.33. The van der Waals surface area contributed by atoms with Gasteiger partial charge in [-0.15, -0.1) is 0 Å². The fourth-order valence-corrected chi connectivity index (χ4v) is 3.46. The van der Waals surface area contributed by atoms with Crippen LogP contribution in [0.5, 0.6) is 0 Å². The van der Waals surface area contributed by atoms with E-state index in [2.05, 4.69) is 15.9 Å². The summed E-state index contributed by atoms with van der Waals surface area (Å²) in [6.45, 7) is 0.213. The molecule has 1 heterocycles. The van der Waals surface area contributed by atoms with Gasteiger partial charge < -0.3 is 10.6 Å². The molecule has 1 saturated heterocycles. The predicted octanol–water partition coefficient (Wildman–Crippen LogP) is 0.691. The second-order valence-electron chi connectivity index (χ2n) is 4.69. The van der Waals surface area contributed by atoms with E-state index in [1.54, 1.807) is 6.07 Å². The van der Waals surface area contributed by atoms with E-state index < -0.39 is 21.7 Å². The van der Waals surface area contributed by atoms with Crippen LogP contribution in [0.25, 0.3) is 0 Å². The molecule has 0 radical (unpaired) electrons. The summed E-state index contributed by atoms with van der Waals surface area (Å²) in [4.78, 5) is 24.6. The molecular weight excluding hydrogens is 348 g/mol. The Balaban J connectivity index is 2.35. The van der Waals surface area contributed by atoms with Crippen LogP contribution in [0.4, 0.5) is 5.69 Å². The third kappa shape index (κ3) is 2.85. The van der Waals surface area contributed by atoms with Crippen molar-refractivity contribution in [3.05, 3.63) is 22.7 Å². The van der Waals surface area contributed by atoms with E-state index in [4.69, 9.17) is 5.73 Å². The van der Waals surface area contributed by atoms with Crippen molar-refractivity contribution in [3.8, 4) is 0 Å². The van der Waals surface area contributed by atoms with Crippen LogP contribution in [-0.4, -0.2) is 33.0 Å². The zero-order valence-corrected chi connectivity index (χ0v) is 13.1. The molecule has 1 atom stereocenters. The average Bonchev–Trinajstić information content (AvgIpc) is 2.70. The Labute approximate surface area is 125 Å². The first kappa shape index (κ1) is 15.0. The van der Waals surface area contributed by atoms with Gasteiger partial charge in [-0.3, -0.25) is 9.59 Å². The summed E-state index contributed by atoms with van der Waals surface area (Å²) in [5, 5.41) is 0. The molecule has 1 fully saturated rings. The maximum absolute atomic E-state index is 11.9. The third-order valence-corrected chi connectivity index (χ3v) is 4.91. The monoisotopic (exact) mass is 360 g/mol. The van der Waals surface area contributed by atoms with Gasteiger partial charge in [-0.05, 0) is 34.1 Å². The van der Waals surface area contributed by atoms with Crippen LogP contribution in [0.15, 0.2) is 27.6 Å². The summed E-state index contributed by atoms with van der Waals surface area (Å²) in [6.07, 6.45) is 1.19. The van der Waals surface area contributed by atoms with Crippen LogP contribution in [0.2, 0.25) is 0 Å². The number of carbonyl (C=O) groups is 2. The maximum Gasteiger partial charge on any atom is 0.227 e. The summed E-state index contributed by atoms with van der Waals surface area (Å²) in [7, 11) is -3.31. The lowest BCUT2D eigenvalue weighted by atomic mass is 10.1. The highest BCUT2D eigenvalue weighted by Gasteiger charge is 2.34. The van der Waals surface area contributed by atoms with Crippen LogP contribution in [0, 0.1) is 5.92 Å². The van der Waals surface area contributed by atoms with E-state index in [1.807, 2.05) is 0 Å². The zero-order valence-electron chi connectivity index (χ0n) is 10.7. The molecule has 2 N–H and O–H groups in total. The van der Waals surface area contributed by atoms with Crippen LogP contribution in [0.3, 0.4) is 0 Å². The quantitative estimate of drug-likeness (QED) is 0.857. The molecule has 0 spiro atoms. The lowest BCUT2D eigenvalue weighted by Gasteiger charge is -2.18. The van der Waals surface area contributed by atoms with Gasteiger partial charge in [0.2, 0.25) is 11.8 Å². The van der Waals surface area contributed by atoms with Crippen molar-refractivity contribution in [3.63, 3.8) is 0 Å². The van der Waals surface area contributed by atoms with Crippen molar-refractivity contribution < 1.29 is 18.0 Å². The van der Waals surface area contributed by atoms with E-state index >= 15 is 0 Å². The minimum atomic E-state index is -3.31. The molecule has 0 aliphatic carbocycles. The normalized spacial score (nSPS) is 19.4. The highest BCUT2D eigenvalue weighted by atomic mass is 79.9. The molecule has 1 aliphatic rings. The van der Waals surface area contributed by atoms with Crippen LogP contribution in [-0.2, 0) is 19.4 Å². The first-order chi connectivity index (χ1) is 9.20. The summed E-state index contributed by atoms with van der Waals surface area (Å²) in [5.74, 6) is -1.23. The molecule has 2 amide bonds. The molecule has 6 nitrogen and oxygen atoms in total. The van der Waals surface area contributed by atoms with Crippen molar-refractivity contribution in [2.75, 3.05) is 17.7 Å². The van der Waals surface area contributed by atoms with Crippen LogP contribution < -0.4 is 10.6 Å². The topological polar surface area (TPSA) is 97.5 Å². The van der Waals surface area contributed by atoms with Crippen molar-refractivity contribution in [1.29, 1.82) is 0 Å². The number of halogens is 1. The standard InChI is InChI=1S/C12H13BrN2O4S/c1-20(18,19)8-2-3-10(9(13)5-8)15-6-7(12(14)17)4-11(15)16/h2-3,5,7H,4,6H2,1H3,(H2,14,17). The van der Waals surface area contributed by atoms with Gasteiger partial charge >= 0.3 is 0 Å². The minimum Gasteiger partial charge on any atom is -0.369 e. The Morgan fingerprint density at radius 3 is 2.55 bits per heavy atom. The van der Waals surface area contributed by atoms with E-state index in [0.717, 1.165) is 6.26 Å². The van der Waals surface area contributed by atoms with E-state index in [1.165, 1.54) is 17.0 Å². The van der Waals surface area contributed by atoms with Crippen LogP contribution >= 0.6 is 15.9 Å². The number of hydrogen-bond donors (Lipinski definition) is 1. The van der Waals surface area contributed by atoms with Crippen LogP contribution in [0.1, 0.15) is 6.42 Å². The second-order valence-corrected chi connectivity index (χ2v) is 7.56. The molecule has 0 saturated carbocycles. The molecule has 0 bridgehead atoms. The number of anilines is 1. The fourth-order valence-electron chi connectivity index (χ4n) is 2.07. The maximum atomic E-state index is 11.9. The number of nitrogens with zero attached hydrogens (tertiary/aromatic N) is 1. The summed E-state index contributed by atoms with van der Waals surface area (Å²) in [5.41, 5.74) is 5.74. The number of nitrogens with two attached hydrogens (primary N) is 1. The van der Waals surface area contributed by atoms with E-state index in [0.29, 0.717) is 10.2 Å². The molecular formula is C12H13BrN2O4S. The Hall–Kier alpha value is -1.41. The van der Waals surface area contributed by atoms with Gasteiger partial charge in [-0.2, -0.15) is 0 Å². The molecule has 8 heteroatoms. The number of rotatable bonds is 3. The van der Waals surface area contributed by atoms with Gasteiger partial charge in [0.05, 0.1) is 16.5 Å². The molecule has 108 valence electrons. The molecule has 1 aliphatic heterocycles. The molecule has 0 aromatic heterocycles. The van der Waals surface area contributed by atoms with Gasteiger partial charge in [0.25, 0.3) is 0 Å². The predicted molar refractivity (Wildman–Crippen MR) is 76.9 cm³/mol. The van der Waals surface area contributed by atoms with Gasteiger partial charge in [0.1, 0.15) is 0 Å². The number of benzene rings is 1. The van der Waals surface area contributed by atoms with Crippen molar-refractivity contribution in [1.82, 2.24) is 0 Å². The van der Waals surface area contributed by atoms with Crippen molar-refractivity contribution in [2.45, 2.75) is 11.3 Å². The largest absolute Gasteiger partial charge is 0.369 e. The lowest BCUT2D eigenvalue weighted by molar-refractivity contribution is -0.123. The smallest absolute Gasteiger partial charge is 0.227 e. The molecule has 1 unspecified atom stereocenters. The van der Waals surface area contributed by atoms with Crippen molar-refractivity contribution in [2.24, 2.45) is 11.7 Å². The first-order valence-electron chi connectivity index (χ1n) is 5.79.